The molecule has 0 aliphatic carbocycles. The van der Waals surface area contributed by atoms with Gasteiger partial charge in [0.25, 0.3) is 0 Å². The molecule has 1 rings (SSSR count). The summed E-state index contributed by atoms with van der Waals surface area (Å²) in [5.41, 5.74) is 2.53. The van der Waals surface area contributed by atoms with Crippen LogP contribution in [0.5, 0.6) is 0 Å². The van der Waals surface area contributed by atoms with E-state index in [4.69, 9.17) is 0 Å². The molecule has 0 saturated heterocycles. The number of anilines is 1. The van der Waals surface area contributed by atoms with Crippen LogP contribution in [-0.2, 0) is 6.54 Å². The molecule has 1 N–H and O–H groups in total. The molecule has 0 heterocycles. The summed E-state index contributed by atoms with van der Waals surface area (Å²) < 4.78 is 0. The van der Waals surface area contributed by atoms with Crippen LogP contribution in [0.25, 0.3) is 0 Å². The van der Waals surface area contributed by atoms with E-state index in [0.717, 1.165) is 19.5 Å². The summed E-state index contributed by atoms with van der Waals surface area (Å²) >= 11 is 0. The molecule has 17 heavy (non-hydrogen) atoms. The van der Waals surface area contributed by atoms with Crippen LogP contribution in [0.15, 0.2) is 24.3 Å². The Morgan fingerprint density at radius 1 is 1.12 bits per heavy atom. The van der Waals surface area contributed by atoms with Gasteiger partial charge in [-0.25, -0.2) is 0 Å². The summed E-state index contributed by atoms with van der Waals surface area (Å²) in [6.45, 7) is 3.69. The Balaban J connectivity index is 2.45. The molecule has 3 heteroatoms. The molecule has 0 aromatic heterocycles. The van der Waals surface area contributed by atoms with Gasteiger partial charge in [-0.05, 0) is 38.1 Å². The fourth-order valence-corrected chi connectivity index (χ4v) is 1.70. The number of benzene rings is 1. The Hall–Kier alpha value is -1.06. The van der Waals surface area contributed by atoms with Gasteiger partial charge < -0.3 is 14.9 Å². The Kier molecular flexibility index (Phi) is 5.45. The minimum atomic E-state index is -0.214. The van der Waals surface area contributed by atoms with Gasteiger partial charge in [0.2, 0.25) is 0 Å². The predicted octanol–water partition coefficient (Wildman–Crippen LogP) is 1.96. The largest absolute Gasteiger partial charge is 0.393 e. The highest BCUT2D eigenvalue weighted by atomic mass is 16.3. The predicted molar refractivity (Wildman–Crippen MR) is 73.4 cm³/mol. The third-order valence-corrected chi connectivity index (χ3v) is 2.83. The van der Waals surface area contributed by atoms with E-state index in [-0.39, 0.29) is 6.10 Å². The van der Waals surface area contributed by atoms with Gasteiger partial charge in [-0.3, -0.25) is 0 Å². The van der Waals surface area contributed by atoms with Crippen molar-refractivity contribution in [2.24, 2.45) is 0 Å². The standard InChI is InChI=1S/C14H24N2O/c1-12(17)9-10-16(4)11-13-5-7-14(8-6-13)15(2)3/h5-8,12,17H,9-11H2,1-4H3. The summed E-state index contributed by atoms with van der Waals surface area (Å²) in [5.74, 6) is 0. The first kappa shape index (κ1) is 14.0. The highest BCUT2D eigenvalue weighted by Crippen LogP contribution is 2.13. The first-order chi connectivity index (χ1) is 7.99. The number of hydrogen-bond acceptors (Lipinski definition) is 3. The number of aliphatic hydroxyl groups excluding tert-OH is 1. The molecular formula is C14H24N2O. The van der Waals surface area contributed by atoms with Gasteiger partial charge >= 0.3 is 0 Å². The molecule has 1 atom stereocenters. The van der Waals surface area contributed by atoms with E-state index >= 15 is 0 Å². The fourth-order valence-electron chi connectivity index (χ4n) is 1.70. The lowest BCUT2D eigenvalue weighted by atomic mass is 10.2. The first-order valence-electron chi connectivity index (χ1n) is 6.12. The molecule has 0 saturated carbocycles. The smallest absolute Gasteiger partial charge is 0.0524 e. The summed E-state index contributed by atoms with van der Waals surface area (Å²) in [7, 11) is 6.18. The Bertz CT molecular complexity index is 319. The highest BCUT2D eigenvalue weighted by Gasteiger charge is 2.03. The van der Waals surface area contributed by atoms with E-state index in [0.29, 0.717) is 0 Å². The molecule has 0 radical (unpaired) electrons. The fraction of sp³-hybridized carbons (Fsp3) is 0.571. The van der Waals surface area contributed by atoms with Crippen LogP contribution >= 0.6 is 0 Å². The molecule has 3 nitrogen and oxygen atoms in total. The van der Waals surface area contributed by atoms with Crippen LogP contribution in [0.1, 0.15) is 18.9 Å². The Morgan fingerprint density at radius 2 is 1.71 bits per heavy atom. The van der Waals surface area contributed by atoms with E-state index in [1.807, 2.05) is 21.0 Å². The molecule has 0 fully saturated rings. The zero-order chi connectivity index (χ0) is 12.8. The van der Waals surface area contributed by atoms with Crippen LogP contribution in [0.4, 0.5) is 5.69 Å². The Labute approximate surface area is 105 Å². The van der Waals surface area contributed by atoms with Gasteiger partial charge in [-0.2, -0.15) is 0 Å². The zero-order valence-electron chi connectivity index (χ0n) is 11.3. The highest BCUT2D eigenvalue weighted by molar-refractivity contribution is 5.45. The number of rotatable bonds is 6. The number of hydrogen-bond donors (Lipinski definition) is 1. The molecule has 0 amide bonds. The van der Waals surface area contributed by atoms with Crippen molar-refractivity contribution in [3.05, 3.63) is 29.8 Å². The number of aliphatic hydroxyl groups is 1. The second kappa shape index (κ2) is 6.62. The van der Waals surface area contributed by atoms with Gasteiger partial charge in [0.1, 0.15) is 0 Å². The topological polar surface area (TPSA) is 26.7 Å². The molecule has 96 valence electrons. The molecule has 0 spiro atoms. The van der Waals surface area contributed by atoms with Crippen molar-refractivity contribution in [3.63, 3.8) is 0 Å². The molecule has 1 aromatic carbocycles. The maximum absolute atomic E-state index is 9.23. The van der Waals surface area contributed by atoms with Crippen molar-refractivity contribution < 1.29 is 5.11 Å². The maximum atomic E-state index is 9.23. The van der Waals surface area contributed by atoms with E-state index in [2.05, 4.69) is 41.1 Å². The normalized spacial score (nSPS) is 12.8. The second-order valence-electron chi connectivity index (χ2n) is 4.94. The van der Waals surface area contributed by atoms with Crippen molar-refractivity contribution in [2.45, 2.75) is 26.0 Å². The lowest BCUT2D eigenvalue weighted by molar-refractivity contribution is 0.163. The summed E-state index contributed by atoms with van der Waals surface area (Å²) in [5, 5.41) is 9.23. The van der Waals surface area contributed by atoms with E-state index in [1.165, 1.54) is 11.3 Å². The van der Waals surface area contributed by atoms with Crippen LogP contribution in [0, 0.1) is 0 Å². The zero-order valence-corrected chi connectivity index (χ0v) is 11.3. The van der Waals surface area contributed by atoms with Crippen molar-refractivity contribution in [3.8, 4) is 0 Å². The third-order valence-electron chi connectivity index (χ3n) is 2.83. The van der Waals surface area contributed by atoms with Crippen LogP contribution in [0.3, 0.4) is 0 Å². The van der Waals surface area contributed by atoms with Crippen LogP contribution in [0.2, 0.25) is 0 Å². The Morgan fingerprint density at radius 3 is 2.18 bits per heavy atom. The average Bonchev–Trinajstić information content (AvgIpc) is 2.27. The molecule has 0 bridgehead atoms. The lowest BCUT2D eigenvalue weighted by Gasteiger charge is -2.18. The molecule has 1 aromatic rings. The molecule has 0 aliphatic heterocycles. The quantitative estimate of drug-likeness (QED) is 0.818. The van der Waals surface area contributed by atoms with Crippen molar-refractivity contribution in [1.29, 1.82) is 0 Å². The van der Waals surface area contributed by atoms with Gasteiger partial charge in [-0.15, -0.1) is 0 Å². The SMILES string of the molecule is CC(O)CCN(C)Cc1ccc(N(C)C)cc1. The lowest BCUT2D eigenvalue weighted by Crippen LogP contribution is -2.22. The van der Waals surface area contributed by atoms with Crippen LogP contribution < -0.4 is 4.90 Å². The van der Waals surface area contributed by atoms with Crippen LogP contribution in [-0.4, -0.2) is 43.8 Å². The monoisotopic (exact) mass is 236 g/mol. The minimum absolute atomic E-state index is 0.214. The minimum Gasteiger partial charge on any atom is -0.393 e. The molecule has 1 unspecified atom stereocenters. The van der Waals surface area contributed by atoms with E-state index in [9.17, 15) is 5.11 Å². The second-order valence-corrected chi connectivity index (χ2v) is 4.94. The first-order valence-corrected chi connectivity index (χ1v) is 6.12. The number of nitrogens with zero attached hydrogens (tertiary/aromatic N) is 2. The van der Waals surface area contributed by atoms with Crippen molar-refractivity contribution in [1.82, 2.24) is 4.90 Å². The van der Waals surface area contributed by atoms with Gasteiger partial charge in [0.05, 0.1) is 6.10 Å². The van der Waals surface area contributed by atoms with Gasteiger partial charge in [-0.1, -0.05) is 12.1 Å². The van der Waals surface area contributed by atoms with E-state index < -0.39 is 0 Å². The average molecular weight is 236 g/mol. The van der Waals surface area contributed by atoms with Crippen molar-refractivity contribution >= 4 is 5.69 Å². The maximum Gasteiger partial charge on any atom is 0.0524 e. The van der Waals surface area contributed by atoms with Crippen molar-refractivity contribution in [2.75, 3.05) is 32.6 Å². The van der Waals surface area contributed by atoms with Gasteiger partial charge in [0.15, 0.2) is 0 Å². The summed E-state index contributed by atoms with van der Waals surface area (Å²) in [6, 6.07) is 8.60. The molecular weight excluding hydrogens is 212 g/mol. The van der Waals surface area contributed by atoms with Gasteiger partial charge in [0, 0.05) is 32.9 Å². The summed E-state index contributed by atoms with van der Waals surface area (Å²) in [4.78, 5) is 4.33. The third kappa shape index (κ3) is 5.20. The van der Waals surface area contributed by atoms with E-state index in [1.54, 1.807) is 0 Å². The summed E-state index contributed by atoms with van der Waals surface area (Å²) in [6.07, 6.45) is 0.611. The molecule has 0 aliphatic rings.